The number of nitriles is 1. The van der Waals surface area contributed by atoms with E-state index in [1.165, 1.54) is 43.1 Å². The van der Waals surface area contributed by atoms with E-state index >= 15 is 0 Å². The van der Waals surface area contributed by atoms with Crippen LogP contribution >= 0.6 is 0 Å². The molecule has 1 unspecified atom stereocenters. The lowest BCUT2D eigenvalue weighted by atomic mass is 9.88. The van der Waals surface area contributed by atoms with Crippen molar-refractivity contribution in [2.75, 3.05) is 11.9 Å². The lowest BCUT2D eigenvalue weighted by Crippen LogP contribution is -2.48. The summed E-state index contributed by atoms with van der Waals surface area (Å²) in [6.45, 7) is 1.32. The van der Waals surface area contributed by atoms with Gasteiger partial charge in [0.05, 0.1) is 28.9 Å². The van der Waals surface area contributed by atoms with Crippen molar-refractivity contribution in [1.29, 1.82) is 5.26 Å². The number of ketones is 2. The Hall–Kier alpha value is -3.93. The van der Waals surface area contributed by atoms with Crippen LogP contribution in [0.25, 0.3) is 0 Å². The Morgan fingerprint density at radius 2 is 1.85 bits per heavy atom. The predicted octanol–water partition coefficient (Wildman–Crippen LogP) is 5.01. The molecule has 0 spiro atoms. The van der Waals surface area contributed by atoms with Crippen LogP contribution in [0.15, 0.2) is 53.7 Å². The Bertz CT molecular complexity index is 1270. The van der Waals surface area contributed by atoms with Crippen molar-refractivity contribution in [1.82, 2.24) is 4.90 Å². The van der Waals surface area contributed by atoms with Crippen molar-refractivity contribution in [3.05, 3.63) is 76.0 Å². The topological polar surface area (TPSA) is 81.5 Å². The molecule has 0 aromatic heterocycles. The van der Waals surface area contributed by atoms with Gasteiger partial charge < -0.3 is 4.90 Å². The first-order valence-corrected chi connectivity index (χ1v) is 10.1. The molecule has 1 aliphatic carbocycles. The number of alkyl halides is 3. The second-order valence-electron chi connectivity index (χ2n) is 7.93. The van der Waals surface area contributed by atoms with Crippen LogP contribution < -0.4 is 4.90 Å². The number of amides is 2. The van der Waals surface area contributed by atoms with Crippen LogP contribution in [0.2, 0.25) is 0 Å². The number of urea groups is 1. The normalized spacial score (nSPS) is 18.5. The van der Waals surface area contributed by atoms with Gasteiger partial charge in [-0.2, -0.15) is 18.4 Å². The Labute approximate surface area is 187 Å². The molecule has 4 rings (SSSR count). The molecular weight excluding hydrogens is 435 g/mol. The molecule has 1 aliphatic heterocycles. The van der Waals surface area contributed by atoms with Gasteiger partial charge in [-0.15, -0.1) is 0 Å². The number of halogens is 3. The summed E-state index contributed by atoms with van der Waals surface area (Å²) in [5.41, 5.74) is 0.546. The highest BCUT2D eigenvalue weighted by atomic mass is 19.4. The maximum atomic E-state index is 13.4. The second-order valence-corrected chi connectivity index (χ2v) is 7.93. The molecule has 9 heteroatoms. The highest BCUT2D eigenvalue weighted by Crippen LogP contribution is 2.45. The molecule has 1 atom stereocenters. The number of carbonyl (C=O) groups is 3. The quantitative estimate of drug-likeness (QED) is 0.612. The van der Waals surface area contributed by atoms with Crippen LogP contribution in [0.4, 0.5) is 23.7 Å². The largest absolute Gasteiger partial charge is 0.416 e. The van der Waals surface area contributed by atoms with Crippen LogP contribution in [0.3, 0.4) is 0 Å². The van der Waals surface area contributed by atoms with Gasteiger partial charge in [0.1, 0.15) is 0 Å². The second kappa shape index (κ2) is 7.89. The molecule has 33 heavy (non-hydrogen) atoms. The van der Waals surface area contributed by atoms with E-state index in [0.717, 1.165) is 17.0 Å². The zero-order valence-corrected chi connectivity index (χ0v) is 17.7. The van der Waals surface area contributed by atoms with Crippen LogP contribution in [0.1, 0.15) is 52.9 Å². The molecule has 1 heterocycles. The standard InChI is InChI=1S/C24H18F3N3O3/c1-13(31)18-10-14(12-28)6-7-17(18)22-21-19(8-9-20(21)32)30(23(33)29(22)2)16-5-3-4-15(11-16)24(25,26)27/h3-7,10-11,22H,8-9H2,1-2H3. The summed E-state index contributed by atoms with van der Waals surface area (Å²) >= 11 is 0. The molecule has 0 fully saturated rings. The van der Waals surface area contributed by atoms with Gasteiger partial charge in [-0.25, -0.2) is 4.79 Å². The Morgan fingerprint density at radius 3 is 2.48 bits per heavy atom. The molecular formula is C24H18F3N3O3. The van der Waals surface area contributed by atoms with Crippen LogP contribution in [-0.2, 0) is 11.0 Å². The van der Waals surface area contributed by atoms with Gasteiger partial charge in [0, 0.05) is 30.3 Å². The van der Waals surface area contributed by atoms with E-state index in [9.17, 15) is 32.8 Å². The average molecular weight is 453 g/mol. The fourth-order valence-corrected chi connectivity index (χ4v) is 4.40. The van der Waals surface area contributed by atoms with E-state index in [-0.39, 0.29) is 46.8 Å². The van der Waals surface area contributed by atoms with Crippen LogP contribution in [0.5, 0.6) is 0 Å². The monoisotopic (exact) mass is 453 g/mol. The number of nitrogens with zero attached hydrogens (tertiary/aromatic N) is 3. The molecule has 2 amide bonds. The smallest absolute Gasteiger partial charge is 0.316 e. The van der Waals surface area contributed by atoms with E-state index in [1.807, 2.05) is 6.07 Å². The first-order valence-electron chi connectivity index (χ1n) is 10.1. The van der Waals surface area contributed by atoms with Crippen molar-refractivity contribution in [3.63, 3.8) is 0 Å². The molecule has 0 saturated heterocycles. The van der Waals surface area contributed by atoms with Gasteiger partial charge in [0.25, 0.3) is 0 Å². The number of Topliss-reactive ketones (excluding diaryl/α,β-unsaturated/α-hetero) is 2. The zero-order chi connectivity index (χ0) is 24.1. The molecule has 0 radical (unpaired) electrons. The van der Waals surface area contributed by atoms with Crippen molar-refractivity contribution < 1.29 is 27.6 Å². The van der Waals surface area contributed by atoms with E-state index < -0.39 is 23.8 Å². The molecule has 2 aromatic rings. The first-order chi connectivity index (χ1) is 15.5. The minimum absolute atomic E-state index is 0.00828. The third kappa shape index (κ3) is 3.67. The van der Waals surface area contributed by atoms with E-state index in [2.05, 4.69) is 0 Å². The summed E-state index contributed by atoms with van der Waals surface area (Å²) in [7, 11) is 1.44. The fourth-order valence-electron chi connectivity index (χ4n) is 4.40. The summed E-state index contributed by atoms with van der Waals surface area (Å²) in [5.74, 6) is -0.582. The molecule has 0 saturated carbocycles. The lowest BCUT2D eigenvalue weighted by molar-refractivity contribution is -0.137. The van der Waals surface area contributed by atoms with Gasteiger partial charge in [-0.3, -0.25) is 14.5 Å². The minimum Gasteiger partial charge on any atom is -0.316 e. The Balaban J connectivity index is 1.92. The Morgan fingerprint density at radius 1 is 1.12 bits per heavy atom. The van der Waals surface area contributed by atoms with Crippen LogP contribution in [-0.4, -0.2) is 29.5 Å². The molecule has 0 bridgehead atoms. The van der Waals surface area contributed by atoms with Gasteiger partial charge in [-0.05, 0) is 49.2 Å². The molecule has 2 aliphatic rings. The lowest BCUT2D eigenvalue weighted by Gasteiger charge is -2.41. The number of hydrogen-bond donors (Lipinski definition) is 0. The summed E-state index contributed by atoms with van der Waals surface area (Å²) in [6.07, 6.45) is -4.31. The number of benzene rings is 2. The summed E-state index contributed by atoms with van der Waals surface area (Å²) in [4.78, 5) is 41.0. The fraction of sp³-hybridized carbons (Fsp3) is 0.250. The van der Waals surface area contributed by atoms with Crippen molar-refractivity contribution in [2.24, 2.45) is 0 Å². The van der Waals surface area contributed by atoms with Crippen molar-refractivity contribution >= 4 is 23.3 Å². The number of allylic oxidation sites excluding steroid dienone is 1. The number of rotatable bonds is 3. The predicted molar refractivity (Wildman–Crippen MR) is 112 cm³/mol. The molecule has 2 aromatic carbocycles. The van der Waals surface area contributed by atoms with Gasteiger partial charge in [0.2, 0.25) is 0 Å². The molecule has 168 valence electrons. The van der Waals surface area contributed by atoms with E-state index in [0.29, 0.717) is 11.3 Å². The maximum absolute atomic E-state index is 13.4. The molecule has 0 N–H and O–H groups in total. The molecule has 6 nitrogen and oxygen atoms in total. The number of anilines is 1. The Kier molecular flexibility index (Phi) is 5.32. The minimum atomic E-state index is -4.59. The SMILES string of the molecule is CC(=O)c1cc(C#N)ccc1C1C2=C(CCC2=O)N(c2cccc(C(F)(F)F)c2)C(=O)N1C. The van der Waals surface area contributed by atoms with Crippen molar-refractivity contribution in [2.45, 2.75) is 32.0 Å². The van der Waals surface area contributed by atoms with Gasteiger partial charge in [-0.1, -0.05) is 12.1 Å². The van der Waals surface area contributed by atoms with Crippen LogP contribution in [0, 0.1) is 11.3 Å². The first kappa shape index (κ1) is 22.3. The van der Waals surface area contributed by atoms with Crippen molar-refractivity contribution in [3.8, 4) is 6.07 Å². The third-order valence-electron chi connectivity index (χ3n) is 5.91. The number of carbonyl (C=O) groups excluding carboxylic acids is 3. The third-order valence-corrected chi connectivity index (χ3v) is 5.91. The zero-order valence-electron chi connectivity index (χ0n) is 17.7. The summed E-state index contributed by atoms with van der Waals surface area (Å²) < 4.78 is 39.8. The maximum Gasteiger partial charge on any atom is 0.416 e. The summed E-state index contributed by atoms with van der Waals surface area (Å²) in [6, 6.07) is 9.29. The number of hydrogen-bond acceptors (Lipinski definition) is 4. The van der Waals surface area contributed by atoms with E-state index in [4.69, 9.17) is 0 Å². The van der Waals surface area contributed by atoms with E-state index in [1.54, 1.807) is 6.07 Å². The highest BCUT2D eigenvalue weighted by Gasteiger charge is 2.45. The average Bonchev–Trinajstić information content (AvgIpc) is 3.14. The van der Waals surface area contributed by atoms with Gasteiger partial charge >= 0.3 is 12.2 Å². The van der Waals surface area contributed by atoms with Gasteiger partial charge in [0.15, 0.2) is 11.6 Å². The highest BCUT2D eigenvalue weighted by molar-refractivity contribution is 6.09. The number of likely N-dealkylation sites (N-methyl/N-ethyl adjacent to an activating group) is 1. The summed E-state index contributed by atoms with van der Waals surface area (Å²) in [5, 5.41) is 9.20.